The third kappa shape index (κ3) is 3.68. The van der Waals surface area contributed by atoms with Crippen LogP contribution < -0.4 is 5.32 Å². The van der Waals surface area contributed by atoms with Crippen LogP contribution in [0.15, 0.2) is 52.0 Å². The van der Waals surface area contributed by atoms with E-state index in [2.05, 4.69) is 26.2 Å². The number of nitrogens with one attached hydrogen (secondary N) is 1. The van der Waals surface area contributed by atoms with E-state index in [0.717, 1.165) is 0 Å². The van der Waals surface area contributed by atoms with Gasteiger partial charge in [0.1, 0.15) is 5.69 Å². The van der Waals surface area contributed by atoms with Gasteiger partial charge in [0.05, 0.1) is 10.6 Å². The second kappa shape index (κ2) is 6.36. The summed E-state index contributed by atoms with van der Waals surface area (Å²) in [5.41, 5.74) is 0.773. The summed E-state index contributed by atoms with van der Waals surface area (Å²) in [6.07, 6.45) is 1.52. The van der Waals surface area contributed by atoms with E-state index in [-0.39, 0.29) is 22.2 Å². The maximum Gasteiger partial charge on any atom is 0.275 e. The number of hydrogen-bond acceptors (Lipinski definition) is 4. The number of anilines is 1. The van der Waals surface area contributed by atoms with Gasteiger partial charge in [-0.25, -0.2) is 13.4 Å². The number of sulfone groups is 1. The number of carbonyl (C=O) groups is 1. The molecule has 0 bridgehead atoms. The quantitative estimate of drug-likeness (QED) is 0.899. The Kier molecular flexibility index (Phi) is 4.74. The van der Waals surface area contributed by atoms with Crippen LogP contribution in [0.3, 0.4) is 0 Å². The molecule has 0 saturated heterocycles. The molecule has 110 valence electrons. The normalized spacial score (nSPS) is 11.1. The molecule has 0 aliphatic rings. The molecule has 1 amide bonds. The summed E-state index contributed by atoms with van der Waals surface area (Å²) in [5.74, 6) is -0.326. The number of amides is 1. The first kappa shape index (κ1) is 15.7. The van der Waals surface area contributed by atoms with E-state index in [4.69, 9.17) is 0 Å². The molecule has 0 spiro atoms. The minimum absolute atomic E-state index is 0.0413. The number of nitrogens with zero attached hydrogens (tertiary/aromatic N) is 1. The van der Waals surface area contributed by atoms with Gasteiger partial charge in [-0.15, -0.1) is 0 Å². The molecule has 1 aromatic heterocycles. The maximum atomic E-state index is 12.1. The van der Waals surface area contributed by atoms with Crippen molar-refractivity contribution in [1.29, 1.82) is 0 Å². The molecule has 0 atom stereocenters. The summed E-state index contributed by atoms with van der Waals surface area (Å²) in [5, 5.41) is 2.67. The maximum absolute atomic E-state index is 12.1. The second-order valence-corrected chi connectivity index (χ2v) is 7.35. The first-order valence-electron chi connectivity index (χ1n) is 6.18. The highest BCUT2D eigenvalue weighted by Gasteiger charge is 2.13. The van der Waals surface area contributed by atoms with E-state index in [1.807, 2.05) is 0 Å². The van der Waals surface area contributed by atoms with Crippen LogP contribution in [0.25, 0.3) is 0 Å². The van der Waals surface area contributed by atoms with Crippen molar-refractivity contribution in [2.45, 2.75) is 11.8 Å². The summed E-state index contributed by atoms with van der Waals surface area (Å²) in [4.78, 5) is 16.3. The highest BCUT2D eigenvalue weighted by molar-refractivity contribution is 9.10. The van der Waals surface area contributed by atoms with Crippen molar-refractivity contribution in [3.63, 3.8) is 0 Å². The molecule has 0 aliphatic heterocycles. The van der Waals surface area contributed by atoms with Gasteiger partial charge in [0.25, 0.3) is 5.91 Å². The van der Waals surface area contributed by atoms with Gasteiger partial charge in [-0.05, 0) is 52.3 Å². The van der Waals surface area contributed by atoms with Crippen LogP contribution >= 0.6 is 15.9 Å². The lowest BCUT2D eigenvalue weighted by atomic mass is 10.3. The highest BCUT2D eigenvalue weighted by atomic mass is 79.9. The zero-order valence-electron chi connectivity index (χ0n) is 11.2. The van der Waals surface area contributed by atoms with E-state index < -0.39 is 9.84 Å². The molecule has 1 aromatic carbocycles. The fraction of sp³-hybridized carbons (Fsp3) is 0.143. The number of aromatic nitrogens is 1. The molecule has 0 saturated carbocycles. The standard InChI is InChI=1S/C14H13BrN2O3S/c1-2-21(19,20)11-7-5-10(6-8-11)17-14(18)13-12(15)4-3-9-16-13/h3-9H,2H2,1H3,(H,17,18). The van der Waals surface area contributed by atoms with Crippen LogP contribution in [0.4, 0.5) is 5.69 Å². The van der Waals surface area contributed by atoms with E-state index in [9.17, 15) is 13.2 Å². The zero-order chi connectivity index (χ0) is 15.5. The summed E-state index contributed by atoms with van der Waals surface area (Å²) >= 11 is 3.25. The molecule has 2 rings (SSSR count). The van der Waals surface area contributed by atoms with Crippen LogP contribution in [0.2, 0.25) is 0 Å². The highest BCUT2D eigenvalue weighted by Crippen LogP contribution is 2.18. The number of hydrogen-bond donors (Lipinski definition) is 1. The summed E-state index contributed by atoms with van der Waals surface area (Å²) in [6, 6.07) is 9.49. The molecule has 1 heterocycles. The number of halogens is 1. The number of pyridine rings is 1. The smallest absolute Gasteiger partial charge is 0.275 e. The van der Waals surface area contributed by atoms with Crippen LogP contribution in [0.5, 0.6) is 0 Å². The average molecular weight is 369 g/mol. The average Bonchev–Trinajstić information content (AvgIpc) is 2.48. The summed E-state index contributed by atoms with van der Waals surface area (Å²) in [6.45, 7) is 1.59. The van der Waals surface area contributed by atoms with Crippen molar-refractivity contribution < 1.29 is 13.2 Å². The largest absolute Gasteiger partial charge is 0.321 e. The number of rotatable bonds is 4. The topological polar surface area (TPSA) is 76.1 Å². The van der Waals surface area contributed by atoms with Crippen LogP contribution in [-0.4, -0.2) is 25.1 Å². The molecule has 0 aliphatic carbocycles. The Hall–Kier alpha value is -1.73. The second-order valence-electron chi connectivity index (χ2n) is 4.22. The molecular formula is C14H13BrN2O3S. The lowest BCUT2D eigenvalue weighted by Gasteiger charge is -2.07. The Labute approximate surface area is 131 Å². The van der Waals surface area contributed by atoms with Crippen molar-refractivity contribution in [2.75, 3.05) is 11.1 Å². The van der Waals surface area contributed by atoms with E-state index in [0.29, 0.717) is 10.2 Å². The van der Waals surface area contributed by atoms with Gasteiger partial charge in [-0.3, -0.25) is 4.79 Å². The van der Waals surface area contributed by atoms with Gasteiger partial charge < -0.3 is 5.32 Å². The van der Waals surface area contributed by atoms with Crippen molar-refractivity contribution in [1.82, 2.24) is 4.98 Å². The predicted molar refractivity (Wildman–Crippen MR) is 84.1 cm³/mol. The number of benzene rings is 1. The molecule has 0 unspecified atom stereocenters. The van der Waals surface area contributed by atoms with Gasteiger partial charge in [0, 0.05) is 16.4 Å². The van der Waals surface area contributed by atoms with Gasteiger partial charge in [-0.1, -0.05) is 6.92 Å². The van der Waals surface area contributed by atoms with Crippen LogP contribution in [0.1, 0.15) is 17.4 Å². The van der Waals surface area contributed by atoms with E-state index in [1.165, 1.54) is 18.3 Å². The lowest BCUT2D eigenvalue weighted by molar-refractivity contribution is 0.102. The first-order valence-corrected chi connectivity index (χ1v) is 8.63. The Morgan fingerprint density at radius 1 is 1.24 bits per heavy atom. The monoisotopic (exact) mass is 368 g/mol. The fourth-order valence-electron chi connectivity index (χ4n) is 1.66. The van der Waals surface area contributed by atoms with Crippen molar-refractivity contribution in [2.24, 2.45) is 0 Å². The molecular weight excluding hydrogens is 356 g/mol. The van der Waals surface area contributed by atoms with Gasteiger partial charge in [0.2, 0.25) is 0 Å². The number of carbonyl (C=O) groups excluding carboxylic acids is 1. The third-order valence-corrected chi connectivity index (χ3v) is 5.22. The minimum Gasteiger partial charge on any atom is -0.321 e. The summed E-state index contributed by atoms with van der Waals surface area (Å²) in [7, 11) is -3.23. The van der Waals surface area contributed by atoms with Gasteiger partial charge in [0.15, 0.2) is 9.84 Å². The van der Waals surface area contributed by atoms with E-state index >= 15 is 0 Å². The Balaban J connectivity index is 2.18. The van der Waals surface area contributed by atoms with Gasteiger partial charge in [-0.2, -0.15) is 0 Å². The fourth-order valence-corrected chi connectivity index (χ4v) is 2.97. The Morgan fingerprint density at radius 3 is 2.48 bits per heavy atom. The molecule has 2 aromatic rings. The molecule has 5 nitrogen and oxygen atoms in total. The minimum atomic E-state index is -3.23. The van der Waals surface area contributed by atoms with Crippen molar-refractivity contribution >= 4 is 37.4 Å². The SMILES string of the molecule is CCS(=O)(=O)c1ccc(NC(=O)c2ncccc2Br)cc1. The summed E-state index contributed by atoms with van der Waals surface area (Å²) < 4.78 is 24.0. The predicted octanol–water partition coefficient (Wildman–Crippen LogP) is 2.89. The molecule has 21 heavy (non-hydrogen) atoms. The van der Waals surface area contributed by atoms with Crippen LogP contribution in [-0.2, 0) is 9.84 Å². The lowest BCUT2D eigenvalue weighted by Crippen LogP contribution is -2.14. The zero-order valence-corrected chi connectivity index (χ0v) is 13.6. The van der Waals surface area contributed by atoms with Gasteiger partial charge >= 0.3 is 0 Å². The molecule has 0 fully saturated rings. The van der Waals surface area contributed by atoms with Crippen molar-refractivity contribution in [3.8, 4) is 0 Å². The molecule has 7 heteroatoms. The third-order valence-electron chi connectivity index (χ3n) is 2.82. The molecule has 1 N–H and O–H groups in total. The van der Waals surface area contributed by atoms with E-state index in [1.54, 1.807) is 31.2 Å². The Morgan fingerprint density at radius 2 is 1.90 bits per heavy atom. The van der Waals surface area contributed by atoms with Crippen molar-refractivity contribution in [3.05, 3.63) is 52.8 Å². The molecule has 0 radical (unpaired) electrons. The first-order chi connectivity index (χ1) is 9.94. The van der Waals surface area contributed by atoms with Crippen LogP contribution in [0, 0.1) is 0 Å². The Bertz CT molecular complexity index is 758.